The van der Waals surface area contributed by atoms with Crippen LogP contribution in [0.15, 0.2) is 47.4 Å². The second kappa shape index (κ2) is 6.66. The molecule has 0 saturated carbocycles. The zero-order valence-corrected chi connectivity index (χ0v) is 13.5. The maximum atomic E-state index is 12.0. The van der Waals surface area contributed by atoms with Gasteiger partial charge >= 0.3 is 5.97 Å². The smallest absolute Gasteiger partial charge is 0.338 e. The first-order chi connectivity index (χ1) is 10.3. The van der Waals surface area contributed by atoms with Crippen LogP contribution < -0.4 is 5.14 Å². The van der Waals surface area contributed by atoms with E-state index >= 15 is 0 Å². The molecule has 0 fully saturated rings. The van der Waals surface area contributed by atoms with Gasteiger partial charge in [0.05, 0.1) is 10.6 Å². The number of ether oxygens (including phenoxy) is 1. The summed E-state index contributed by atoms with van der Waals surface area (Å²) in [6.07, 6.45) is 0. The lowest BCUT2D eigenvalue weighted by atomic mass is 10.2. The average Bonchev–Trinajstić information content (AvgIpc) is 2.45. The van der Waals surface area contributed by atoms with Gasteiger partial charge in [-0.15, -0.1) is 0 Å². The number of primary sulfonamides is 1. The van der Waals surface area contributed by atoms with Gasteiger partial charge in [0, 0.05) is 10.6 Å². The van der Waals surface area contributed by atoms with E-state index in [0.717, 1.165) is 6.07 Å². The van der Waals surface area contributed by atoms with Crippen LogP contribution in [0.3, 0.4) is 0 Å². The van der Waals surface area contributed by atoms with Crippen molar-refractivity contribution in [2.45, 2.75) is 11.5 Å². The van der Waals surface area contributed by atoms with E-state index in [9.17, 15) is 13.2 Å². The van der Waals surface area contributed by atoms with Crippen molar-refractivity contribution in [3.05, 3.63) is 63.6 Å². The van der Waals surface area contributed by atoms with Crippen LogP contribution in [-0.2, 0) is 21.4 Å². The molecule has 0 aliphatic heterocycles. The van der Waals surface area contributed by atoms with E-state index < -0.39 is 16.0 Å². The summed E-state index contributed by atoms with van der Waals surface area (Å²) in [5, 5.41) is 5.43. The molecule has 0 unspecified atom stereocenters. The molecule has 0 heterocycles. The van der Waals surface area contributed by atoms with Crippen molar-refractivity contribution in [3.8, 4) is 0 Å². The highest BCUT2D eigenvalue weighted by atomic mass is 35.5. The largest absolute Gasteiger partial charge is 0.457 e. The normalized spacial score (nSPS) is 11.2. The summed E-state index contributed by atoms with van der Waals surface area (Å²) in [5.41, 5.74) is 0.665. The summed E-state index contributed by atoms with van der Waals surface area (Å²) in [5.74, 6) is -0.707. The first kappa shape index (κ1) is 16.8. The fourth-order valence-electron chi connectivity index (χ4n) is 1.69. The number of esters is 1. The first-order valence-electron chi connectivity index (χ1n) is 6.02. The quantitative estimate of drug-likeness (QED) is 0.850. The molecule has 2 N–H and O–H groups in total. The van der Waals surface area contributed by atoms with Gasteiger partial charge in [0.25, 0.3) is 0 Å². The third kappa shape index (κ3) is 3.98. The Hall–Kier alpha value is -1.60. The summed E-state index contributed by atoms with van der Waals surface area (Å²) >= 11 is 11.7. The van der Waals surface area contributed by atoms with Crippen molar-refractivity contribution in [3.63, 3.8) is 0 Å². The van der Waals surface area contributed by atoms with Crippen molar-refractivity contribution < 1.29 is 17.9 Å². The highest BCUT2D eigenvalue weighted by Crippen LogP contribution is 2.22. The predicted octanol–water partition coefficient (Wildman–Crippen LogP) is 3.00. The molecule has 8 heteroatoms. The second-order valence-electron chi connectivity index (χ2n) is 4.36. The number of carbonyl (C=O) groups excluding carboxylic acids is 1. The second-order valence-corrected chi connectivity index (χ2v) is 6.70. The van der Waals surface area contributed by atoms with Crippen molar-refractivity contribution in [1.82, 2.24) is 0 Å². The number of benzene rings is 2. The minimum absolute atomic E-state index is 0.0282. The molecule has 2 rings (SSSR count). The molecule has 0 aliphatic carbocycles. The third-order valence-electron chi connectivity index (χ3n) is 2.79. The van der Waals surface area contributed by atoms with Gasteiger partial charge in [-0.3, -0.25) is 0 Å². The number of carbonyl (C=O) groups is 1. The average molecular weight is 360 g/mol. The molecule has 116 valence electrons. The number of sulfonamides is 1. The van der Waals surface area contributed by atoms with Crippen LogP contribution >= 0.6 is 23.2 Å². The summed E-state index contributed by atoms with van der Waals surface area (Å²) in [4.78, 5) is 11.6. The fourth-order valence-corrected chi connectivity index (χ4v) is 2.95. The van der Waals surface area contributed by atoms with Crippen LogP contribution in [0, 0.1) is 0 Å². The van der Waals surface area contributed by atoms with Crippen molar-refractivity contribution in [2.24, 2.45) is 5.14 Å². The Bertz CT molecular complexity index is 821. The maximum Gasteiger partial charge on any atom is 0.338 e. The van der Waals surface area contributed by atoms with E-state index in [0.29, 0.717) is 10.6 Å². The highest BCUT2D eigenvalue weighted by Gasteiger charge is 2.17. The van der Waals surface area contributed by atoms with Gasteiger partial charge in [0.1, 0.15) is 11.5 Å². The van der Waals surface area contributed by atoms with Gasteiger partial charge < -0.3 is 4.74 Å². The Labute approximate surface area is 137 Å². The Kier molecular flexibility index (Phi) is 5.08. The minimum Gasteiger partial charge on any atom is -0.457 e. The molecular weight excluding hydrogens is 349 g/mol. The monoisotopic (exact) mass is 359 g/mol. The molecule has 0 amide bonds. The van der Waals surface area contributed by atoms with Gasteiger partial charge in [0.15, 0.2) is 0 Å². The zero-order chi connectivity index (χ0) is 16.3. The molecule has 0 saturated heterocycles. The molecule has 0 radical (unpaired) electrons. The standard InChI is InChI=1S/C14H11Cl2NO4S/c15-11-4-2-1-3-10(11)8-21-14(18)9-5-6-12(16)13(7-9)22(17,19)20/h1-7H,8H2,(H2,17,19,20). The molecule has 0 atom stereocenters. The molecule has 0 bridgehead atoms. The van der Waals surface area contributed by atoms with Crippen LogP contribution in [0.4, 0.5) is 0 Å². The number of halogens is 2. The third-order valence-corrected chi connectivity index (χ3v) is 4.55. The van der Waals surface area contributed by atoms with Crippen molar-refractivity contribution >= 4 is 39.2 Å². The van der Waals surface area contributed by atoms with Crippen molar-refractivity contribution in [2.75, 3.05) is 0 Å². The zero-order valence-electron chi connectivity index (χ0n) is 11.1. The SMILES string of the molecule is NS(=O)(=O)c1cc(C(=O)OCc2ccccc2Cl)ccc1Cl. The van der Waals surface area contributed by atoms with Crippen LogP contribution in [0.1, 0.15) is 15.9 Å². The summed E-state index contributed by atoms with van der Waals surface area (Å²) < 4.78 is 27.9. The lowest BCUT2D eigenvalue weighted by Gasteiger charge is -2.08. The van der Waals surface area contributed by atoms with E-state index in [2.05, 4.69) is 0 Å². The van der Waals surface area contributed by atoms with Gasteiger partial charge in [-0.05, 0) is 24.3 Å². The van der Waals surface area contributed by atoms with Crippen LogP contribution in [0.25, 0.3) is 0 Å². The molecule has 0 aromatic heterocycles. The molecule has 0 aliphatic rings. The van der Waals surface area contributed by atoms with Gasteiger partial charge in [-0.2, -0.15) is 0 Å². The topological polar surface area (TPSA) is 86.5 Å². The Balaban J connectivity index is 2.19. The number of nitrogens with two attached hydrogens (primary N) is 1. The molecule has 22 heavy (non-hydrogen) atoms. The van der Waals surface area contributed by atoms with Gasteiger partial charge in [-0.25, -0.2) is 18.4 Å². The predicted molar refractivity (Wildman–Crippen MR) is 83.4 cm³/mol. The van der Waals surface area contributed by atoms with E-state index in [-0.39, 0.29) is 22.1 Å². The first-order valence-corrected chi connectivity index (χ1v) is 8.32. The summed E-state index contributed by atoms with van der Waals surface area (Å²) in [6.45, 7) is -0.0359. The minimum atomic E-state index is -4.02. The van der Waals surface area contributed by atoms with E-state index in [1.54, 1.807) is 24.3 Å². The fraction of sp³-hybridized carbons (Fsp3) is 0.0714. The molecule has 2 aromatic rings. The maximum absolute atomic E-state index is 12.0. The Morgan fingerprint density at radius 2 is 1.77 bits per heavy atom. The summed E-state index contributed by atoms with van der Waals surface area (Å²) in [7, 11) is -4.02. The molecule has 5 nitrogen and oxygen atoms in total. The molecular formula is C14H11Cl2NO4S. The van der Waals surface area contributed by atoms with Crippen LogP contribution in [-0.4, -0.2) is 14.4 Å². The van der Waals surface area contributed by atoms with E-state index in [1.807, 2.05) is 0 Å². The Morgan fingerprint density at radius 3 is 2.41 bits per heavy atom. The molecule has 2 aromatic carbocycles. The van der Waals surface area contributed by atoms with Crippen LogP contribution in [0.2, 0.25) is 10.0 Å². The lowest BCUT2D eigenvalue weighted by molar-refractivity contribution is 0.0472. The van der Waals surface area contributed by atoms with E-state index in [4.69, 9.17) is 33.1 Å². The number of rotatable bonds is 4. The van der Waals surface area contributed by atoms with Crippen molar-refractivity contribution in [1.29, 1.82) is 0 Å². The summed E-state index contributed by atoms with van der Waals surface area (Å²) in [6, 6.07) is 10.6. The molecule has 0 spiro atoms. The number of hydrogen-bond acceptors (Lipinski definition) is 4. The lowest BCUT2D eigenvalue weighted by Crippen LogP contribution is -2.14. The van der Waals surface area contributed by atoms with Crippen LogP contribution in [0.5, 0.6) is 0 Å². The van der Waals surface area contributed by atoms with Gasteiger partial charge in [-0.1, -0.05) is 41.4 Å². The van der Waals surface area contributed by atoms with E-state index in [1.165, 1.54) is 12.1 Å². The van der Waals surface area contributed by atoms with Gasteiger partial charge in [0.2, 0.25) is 10.0 Å². The highest BCUT2D eigenvalue weighted by molar-refractivity contribution is 7.89. The Morgan fingerprint density at radius 1 is 1.09 bits per heavy atom. The number of hydrogen-bond donors (Lipinski definition) is 1.